The maximum absolute atomic E-state index is 5.27. The molecule has 1 aromatic heterocycles. The van der Waals surface area contributed by atoms with Gasteiger partial charge in [-0.3, -0.25) is 0 Å². The van der Waals surface area contributed by atoms with Gasteiger partial charge >= 0.3 is 0 Å². The van der Waals surface area contributed by atoms with Crippen LogP contribution in [-0.2, 0) is 0 Å². The smallest absolute Gasteiger partial charge is 0.182 e. The molecule has 0 saturated carbocycles. The Morgan fingerprint density at radius 1 is 0.346 bits per heavy atom. The molecule has 0 amide bonds. The third kappa shape index (κ3) is 5.33. The van der Waals surface area contributed by atoms with Crippen molar-refractivity contribution in [2.24, 2.45) is 0 Å². The number of para-hydroxylation sites is 4. The van der Waals surface area contributed by atoms with E-state index in [1.165, 1.54) is 19.6 Å². The molecule has 10 rings (SSSR count). The first kappa shape index (κ1) is 30.7. The first-order valence-electron chi connectivity index (χ1n) is 17.1. The van der Waals surface area contributed by atoms with Gasteiger partial charge in [-0.15, -0.1) is 10.2 Å². The average Bonchev–Trinajstić information content (AvgIpc) is 3.22. The number of anilines is 6. The predicted molar refractivity (Wildman–Crippen MR) is 214 cm³/mol. The molecule has 0 fully saturated rings. The molecule has 0 N–H and O–H groups in total. The minimum absolute atomic E-state index is 0.585. The van der Waals surface area contributed by atoms with E-state index in [0.717, 1.165) is 62.2 Å². The summed E-state index contributed by atoms with van der Waals surface area (Å²) in [6.07, 6.45) is 0. The van der Waals surface area contributed by atoms with E-state index in [0.29, 0.717) is 5.82 Å². The Hall–Kier alpha value is -6.15. The standard InChI is InChI=1S/C45H29N5S2/c1-2-14-30(15-3-1)45-46-43(31-16-12-18-33(28-31)49-35-20-4-8-24-39(35)51-40-25-9-5-21-36(40)49)44(47-48-45)32-17-13-19-34(29-32)50-37-22-6-10-26-41(37)52-42-27-11-7-23-38(42)50/h1-29H. The van der Waals surface area contributed by atoms with E-state index in [9.17, 15) is 0 Å². The second-order valence-corrected chi connectivity index (χ2v) is 14.7. The minimum atomic E-state index is 0.585. The number of rotatable bonds is 5. The zero-order valence-corrected chi connectivity index (χ0v) is 29.4. The Morgan fingerprint density at radius 2 is 0.750 bits per heavy atom. The molecule has 2 aliphatic rings. The Bertz CT molecular complexity index is 2530. The van der Waals surface area contributed by atoms with Crippen LogP contribution in [0.2, 0.25) is 0 Å². The van der Waals surface area contributed by atoms with Gasteiger partial charge in [0, 0.05) is 47.6 Å². The summed E-state index contributed by atoms with van der Waals surface area (Å²) >= 11 is 3.61. The maximum atomic E-state index is 5.27. The molecule has 0 aliphatic carbocycles. The second-order valence-electron chi connectivity index (χ2n) is 12.5. The van der Waals surface area contributed by atoms with E-state index in [1.807, 2.05) is 42.1 Å². The summed E-state index contributed by atoms with van der Waals surface area (Å²) in [5, 5.41) is 9.64. The largest absolute Gasteiger partial charge is 0.308 e. The number of fused-ring (bicyclic) bond motifs is 4. The van der Waals surface area contributed by atoms with Crippen molar-refractivity contribution in [2.45, 2.75) is 19.6 Å². The van der Waals surface area contributed by atoms with Gasteiger partial charge < -0.3 is 9.80 Å². The van der Waals surface area contributed by atoms with Gasteiger partial charge in [-0.2, -0.15) is 0 Å². The van der Waals surface area contributed by atoms with Crippen LogP contribution < -0.4 is 9.80 Å². The van der Waals surface area contributed by atoms with Gasteiger partial charge in [-0.25, -0.2) is 4.98 Å². The SMILES string of the molecule is c1ccc(-c2nnc(-c3cccc(N4c5ccccc5Sc5ccccc54)c3)c(-c3cccc(N4c5ccccc5Sc5ccccc54)c3)n2)cc1. The number of aromatic nitrogens is 3. The van der Waals surface area contributed by atoms with Crippen LogP contribution in [0.4, 0.5) is 34.1 Å². The Balaban J connectivity index is 1.14. The van der Waals surface area contributed by atoms with E-state index in [1.54, 1.807) is 11.8 Å². The Kier molecular flexibility index (Phi) is 7.59. The van der Waals surface area contributed by atoms with Crippen molar-refractivity contribution >= 4 is 57.6 Å². The van der Waals surface area contributed by atoms with E-state index in [-0.39, 0.29) is 0 Å². The number of nitrogens with zero attached hydrogens (tertiary/aromatic N) is 5. The zero-order valence-electron chi connectivity index (χ0n) is 27.8. The molecule has 0 bridgehead atoms. The highest BCUT2D eigenvalue weighted by atomic mass is 32.2. The van der Waals surface area contributed by atoms with Crippen LogP contribution >= 0.6 is 23.5 Å². The number of hydrogen-bond donors (Lipinski definition) is 0. The van der Waals surface area contributed by atoms with E-state index in [4.69, 9.17) is 15.2 Å². The molecule has 7 heteroatoms. The summed E-state index contributed by atoms with van der Waals surface area (Å²) in [5.41, 5.74) is 11.0. The maximum Gasteiger partial charge on any atom is 0.182 e. The first-order valence-corrected chi connectivity index (χ1v) is 18.7. The molecular formula is C45H29N5S2. The summed E-state index contributed by atoms with van der Waals surface area (Å²) in [7, 11) is 0. The van der Waals surface area contributed by atoms with Crippen molar-refractivity contribution in [2.75, 3.05) is 9.80 Å². The second kappa shape index (κ2) is 12.9. The van der Waals surface area contributed by atoms with Crippen molar-refractivity contribution in [3.8, 4) is 33.9 Å². The third-order valence-electron chi connectivity index (χ3n) is 9.34. The molecule has 246 valence electrons. The molecular weight excluding hydrogens is 675 g/mol. The van der Waals surface area contributed by atoms with Gasteiger partial charge in [0.25, 0.3) is 0 Å². The monoisotopic (exact) mass is 703 g/mol. The molecule has 0 atom stereocenters. The number of benzene rings is 7. The summed E-state index contributed by atoms with van der Waals surface area (Å²) in [4.78, 5) is 14.8. The van der Waals surface area contributed by atoms with Crippen molar-refractivity contribution < 1.29 is 0 Å². The predicted octanol–water partition coefficient (Wildman–Crippen LogP) is 12.7. The third-order valence-corrected chi connectivity index (χ3v) is 11.6. The summed E-state index contributed by atoms with van der Waals surface area (Å²) in [6.45, 7) is 0. The zero-order chi connectivity index (χ0) is 34.4. The van der Waals surface area contributed by atoms with Crippen molar-refractivity contribution in [3.63, 3.8) is 0 Å². The topological polar surface area (TPSA) is 45.2 Å². The lowest BCUT2D eigenvalue weighted by atomic mass is 10.0. The minimum Gasteiger partial charge on any atom is -0.308 e. The lowest BCUT2D eigenvalue weighted by Crippen LogP contribution is -2.15. The van der Waals surface area contributed by atoms with Crippen LogP contribution in [0.25, 0.3) is 33.9 Å². The molecule has 0 unspecified atom stereocenters. The van der Waals surface area contributed by atoms with Crippen LogP contribution in [0.5, 0.6) is 0 Å². The fourth-order valence-corrected chi connectivity index (χ4v) is 9.10. The highest BCUT2D eigenvalue weighted by Gasteiger charge is 2.27. The van der Waals surface area contributed by atoms with Gasteiger partial charge in [0.05, 0.1) is 22.7 Å². The highest BCUT2D eigenvalue weighted by Crippen LogP contribution is 2.53. The van der Waals surface area contributed by atoms with Crippen LogP contribution in [-0.4, -0.2) is 15.2 Å². The van der Waals surface area contributed by atoms with Crippen molar-refractivity contribution in [1.82, 2.24) is 15.2 Å². The first-order chi connectivity index (χ1) is 25.8. The normalized spacial score (nSPS) is 12.8. The van der Waals surface area contributed by atoms with Crippen LogP contribution in [0.3, 0.4) is 0 Å². The highest BCUT2D eigenvalue weighted by molar-refractivity contribution is 8.00. The average molecular weight is 704 g/mol. The molecule has 7 aromatic carbocycles. The summed E-state index contributed by atoms with van der Waals surface area (Å²) < 4.78 is 0. The molecule has 2 aliphatic heterocycles. The molecule has 3 heterocycles. The van der Waals surface area contributed by atoms with Crippen molar-refractivity contribution in [3.05, 3.63) is 176 Å². The molecule has 0 saturated heterocycles. The Morgan fingerprint density at radius 3 is 1.23 bits per heavy atom. The van der Waals surface area contributed by atoms with Gasteiger partial charge in [-0.05, 0) is 72.8 Å². The van der Waals surface area contributed by atoms with Crippen LogP contribution in [0, 0.1) is 0 Å². The molecule has 0 radical (unpaired) electrons. The molecule has 8 aromatic rings. The Labute approximate surface area is 310 Å². The van der Waals surface area contributed by atoms with Gasteiger partial charge in [0.1, 0.15) is 11.4 Å². The van der Waals surface area contributed by atoms with Gasteiger partial charge in [0.2, 0.25) is 0 Å². The van der Waals surface area contributed by atoms with Gasteiger partial charge in [0.15, 0.2) is 5.82 Å². The lowest BCUT2D eigenvalue weighted by molar-refractivity contribution is 0.991. The van der Waals surface area contributed by atoms with Crippen LogP contribution in [0.15, 0.2) is 196 Å². The molecule has 5 nitrogen and oxygen atoms in total. The fraction of sp³-hybridized carbons (Fsp3) is 0. The quantitative estimate of drug-likeness (QED) is 0.177. The lowest BCUT2D eigenvalue weighted by Gasteiger charge is -2.33. The summed E-state index contributed by atoms with van der Waals surface area (Å²) in [6, 6.07) is 61.6. The molecule has 0 spiro atoms. The molecule has 52 heavy (non-hydrogen) atoms. The van der Waals surface area contributed by atoms with E-state index >= 15 is 0 Å². The fourth-order valence-electron chi connectivity index (χ4n) is 6.98. The van der Waals surface area contributed by atoms with Gasteiger partial charge in [-0.1, -0.05) is 127 Å². The number of hydrogen-bond acceptors (Lipinski definition) is 7. The van der Waals surface area contributed by atoms with E-state index < -0.39 is 0 Å². The van der Waals surface area contributed by atoms with Crippen molar-refractivity contribution in [1.29, 1.82) is 0 Å². The summed E-state index contributed by atoms with van der Waals surface area (Å²) in [5.74, 6) is 0.585. The van der Waals surface area contributed by atoms with E-state index in [2.05, 4.69) is 155 Å². The van der Waals surface area contributed by atoms with Crippen LogP contribution in [0.1, 0.15) is 0 Å².